The number of fused-ring (bicyclic) bond motifs is 1. The molecule has 0 radical (unpaired) electrons. The molecule has 2 aromatic heterocycles. The van der Waals surface area contributed by atoms with Crippen molar-refractivity contribution < 1.29 is 30.2 Å². The van der Waals surface area contributed by atoms with Crippen molar-refractivity contribution >= 4 is 11.0 Å². The molecule has 0 aliphatic carbocycles. The van der Waals surface area contributed by atoms with Gasteiger partial charge in [-0.3, -0.25) is 0 Å². The van der Waals surface area contributed by atoms with Crippen LogP contribution < -0.4 is 9.13 Å². The first-order valence-corrected chi connectivity index (χ1v) is 14.3. The fourth-order valence-electron chi connectivity index (χ4n) is 5.44. The Balaban J connectivity index is 0.00000158. The van der Waals surface area contributed by atoms with Gasteiger partial charge in [0.2, 0.25) is 12.7 Å². The van der Waals surface area contributed by atoms with Crippen molar-refractivity contribution in [2.45, 2.75) is 73.1 Å². The monoisotopic (exact) mass is 738 g/mol. The van der Waals surface area contributed by atoms with E-state index >= 15 is 0 Å². The second-order valence-corrected chi connectivity index (χ2v) is 12.0. The predicted octanol–water partition coefficient (Wildman–Crippen LogP) is 7.22. The number of aromatic nitrogens is 4. The van der Waals surface area contributed by atoms with Crippen LogP contribution in [0, 0.1) is 44.4 Å². The van der Waals surface area contributed by atoms with Gasteiger partial charge in [-0.1, -0.05) is 88.3 Å². The van der Waals surface area contributed by atoms with Crippen LogP contribution in [-0.4, -0.2) is 9.13 Å². The third kappa shape index (κ3) is 6.30. The molecule has 0 N–H and O–H groups in total. The minimum absolute atomic E-state index is 0. The van der Waals surface area contributed by atoms with Crippen LogP contribution in [0.3, 0.4) is 0 Å². The van der Waals surface area contributed by atoms with Crippen LogP contribution >= 0.6 is 0 Å². The van der Waals surface area contributed by atoms with E-state index < -0.39 is 0 Å². The van der Waals surface area contributed by atoms with Gasteiger partial charge in [0.05, 0.1) is 25.1 Å². The standard InChI is InChI=1S/C35H41N4.CN.Pt/c1-22(2)27-17-31(23(3)4)35(32(18-27)24(5)6)28-15-29(38-12-11-36(9)20-38)19-30(16-28)39-21-37(10)33-13-25(7)26(8)14-34(33)39;1-2;/h11-18,22-24H,1-10H3;;/q2*-1;+4. The van der Waals surface area contributed by atoms with E-state index in [1.54, 1.807) is 0 Å². The summed E-state index contributed by atoms with van der Waals surface area (Å²) in [7, 11) is 4.06. The smallest absolute Gasteiger partial charge is 0.512 e. The Morgan fingerprint density at radius 3 is 1.86 bits per heavy atom. The summed E-state index contributed by atoms with van der Waals surface area (Å²) < 4.78 is 8.21. The van der Waals surface area contributed by atoms with Gasteiger partial charge in [-0.25, -0.2) is 0 Å². The molecule has 0 aliphatic rings. The van der Waals surface area contributed by atoms with Gasteiger partial charge in [0.25, 0.3) is 0 Å². The van der Waals surface area contributed by atoms with Gasteiger partial charge < -0.3 is 30.1 Å². The minimum atomic E-state index is 0. The Labute approximate surface area is 266 Å². The van der Waals surface area contributed by atoms with Gasteiger partial charge in [-0.05, 0) is 53.9 Å². The number of hydrogen-bond acceptors (Lipinski definition) is 1. The summed E-state index contributed by atoms with van der Waals surface area (Å²) in [5.41, 5.74) is 13.5. The average Bonchev–Trinajstić information content (AvgIpc) is 3.51. The second-order valence-electron chi connectivity index (χ2n) is 12.0. The van der Waals surface area contributed by atoms with E-state index in [0.29, 0.717) is 17.8 Å². The summed E-state index contributed by atoms with van der Waals surface area (Å²) in [5.74, 6) is 1.27. The van der Waals surface area contributed by atoms with Gasteiger partial charge >= 0.3 is 21.1 Å². The average molecular weight is 739 g/mol. The molecule has 0 aliphatic heterocycles. The maximum Gasteiger partial charge on any atom is 4.00 e. The Morgan fingerprint density at radius 1 is 0.762 bits per heavy atom. The van der Waals surface area contributed by atoms with Gasteiger partial charge in [0.15, 0.2) is 0 Å². The Bertz CT molecular complexity index is 1700. The van der Waals surface area contributed by atoms with Crippen LogP contribution in [0.5, 0.6) is 0 Å². The molecule has 0 atom stereocenters. The molecule has 42 heavy (non-hydrogen) atoms. The summed E-state index contributed by atoms with van der Waals surface area (Å²) in [6, 6.07) is 17.6. The van der Waals surface area contributed by atoms with Crippen molar-refractivity contribution in [2.75, 3.05) is 0 Å². The Hall–Kier alpha value is -3.48. The molecular formula is C36H41N5Pt+2. The van der Waals surface area contributed by atoms with Crippen LogP contribution in [-0.2, 0) is 35.2 Å². The summed E-state index contributed by atoms with van der Waals surface area (Å²) >= 11 is 0. The molecule has 0 unspecified atom stereocenters. The zero-order valence-corrected chi connectivity index (χ0v) is 28.7. The summed E-state index contributed by atoms with van der Waals surface area (Å²) in [6.07, 6.45) is 11.0. The van der Waals surface area contributed by atoms with E-state index in [1.807, 2.05) is 28.6 Å². The topological polar surface area (TPSA) is 41.4 Å². The molecule has 0 saturated carbocycles. The number of aryl methyl sites for hydroxylation is 4. The molecule has 5 aromatic rings. The maximum atomic E-state index is 6.25. The molecule has 3 aromatic carbocycles. The molecule has 0 bridgehead atoms. The molecule has 5 rings (SSSR count). The van der Waals surface area contributed by atoms with E-state index in [-0.39, 0.29) is 21.1 Å². The number of benzene rings is 3. The predicted molar refractivity (Wildman–Crippen MR) is 164 cm³/mol. The van der Waals surface area contributed by atoms with Crippen LogP contribution in [0.1, 0.15) is 87.1 Å². The van der Waals surface area contributed by atoms with Crippen LogP contribution in [0.25, 0.3) is 33.5 Å². The Morgan fingerprint density at radius 2 is 1.33 bits per heavy atom. The maximum absolute atomic E-state index is 6.25. The van der Waals surface area contributed by atoms with Gasteiger partial charge in [-0.2, -0.15) is 18.2 Å². The number of rotatable bonds is 6. The zero-order chi connectivity index (χ0) is 30.2. The third-order valence-electron chi connectivity index (χ3n) is 7.91. The molecule has 2 heterocycles. The SMILES string of the molecule is Cc1cc2c(cc1C)[n+](-c1[c-]c(-[n+]3[c-]n(C)cc3)cc(-c3c(C(C)C)cc(C(C)C)cc3C(C)C)c1)[c-]n2C.[C-]#N.[Pt+4]. The first kappa shape index (κ1) is 33.0. The van der Waals surface area contributed by atoms with Crippen molar-refractivity contribution in [3.05, 3.63) is 102 Å². The molecule has 5 nitrogen and oxygen atoms in total. The number of nitrogens with zero attached hydrogens (tertiary/aromatic N) is 5. The number of hydrogen-bond donors (Lipinski definition) is 0. The minimum Gasteiger partial charge on any atom is -0.512 e. The molecule has 0 fully saturated rings. The van der Waals surface area contributed by atoms with Crippen molar-refractivity contribution in [1.82, 2.24) is 9.13 Å². The quantitative estimate of drug-likeness (QED) is 0.134. The Kier molecular flexibility index (Phi) is 10.4. The van der Waals surface area contributed by atoms with Crippen molar-refractivity contribution in [3.8, 4) is 22.5 Å². The van der Waals surface area contributed by atoms with Crippen LogP contribution in [0.4, 0.5) is 0 Å². The fourth-order valence-corrected chi connectivity index (χ4v) is 5.44. The van der Waals surface area contributed by atoms with Crippen molar-refractivity contribution in [1.29, 1.82) is 5.26 Å². The normalized spacial score (nSPS) is 11.2. The largest absolute Gasteiger partial charge is 4.00 e. The zero-order valence-electron chi connectivity index (χ0n) is 26.4. The molecule has 0 saturated heterocycles. The van der Waals surface area contributed by atoms with E-state index in [1.165, 1.54) is 38.9 Å². The van der Waals surface area contributed by atoms with E-state index in [2.05, 4.69) is 127 Å². The van der Waals surface area contributed by atoms with E-state index in [4.69, 9.17) is 11.8 Å². The molecule has 0 spiro atoms. The molecular weight excluding hydrogens is 698 g/mol. The van der Waals surface area contributed by atoms with Crippen molar-refractivity contribution in [3.63, 3.8) is 0 Å². The number of imidazole rings is 2. The first-order chi connectivity index (χ1) is 19.4. The van der Waals surface area contributed by atoms with Crippen LogP contribution in [0.2, 0.25) is 0 Å². The van der Waals surface area contributed by atoms with Gasteiger partial charge in [0.1, 0.15) is 0 Å². The molecule has 218 valence electrons. The van der Waals surface area contributed by atoms with Crippen LogP contribution in [0.15, 0.2) is 48.8 Å². The van der Waals surface area contributed by atoms with Gasteiger partial charge in [0, 0.05) is 12.4 Å². The molecule has 0 amide bonds. The first-order valence-electron chi connectivity index (χ1n) is 14.3. The van der Waals surface area contributed by atoms with E-state index in [9.17, 15) is 0 Å². The summed E-state index contributed by atoms with van der Waals surface area (Å²) in [5, 5.41) is 6.25. The summed E-state index contributed by atoms with van der Waals surface area (Å²) in [4.78, 5) is 0. The van der Waals surface area contributed by atoms with Crippen molar-refractivity contribution in [2.24, 2.45) is 14.1 Å². The molecule has 6 heteroatoms. The van der Waals surface area contributed by atoms with E-state index in [0.717, 1.165) is 22.4 Å². The second kappa shape index (κ2) is 13.2. The van der Waals surface area contributed by atoms with Gasteiger partial charge in [-0.15, -0.1) is 5.56 Å². The third-order valence-corrected chi connectivity index (χ3v) is 7.91. The summed E-state index contributed by atoms with van der Waals surface area (Å²) in [6.45, 7) is 22.9. The fraction of sp³-hybridized carbons (Fsp3) is 0.361.